The van der Waals surface area contributed by atoms with E-state index >= 15 is 0 Å². The minimum Gasteiger partial charge on any atom is -0.490 e. The van der Waals surface area contributed by atoms with Gasteiger partial charge in [-0.3, -0.25) is 4.99 Å². The molecule has 1 aliphatic rings. The molecule has 0 radical (unpaired) electrons. The Bertz CT molecular complexity index is 621. The van der Waals surface area contributed by atoms with Gasteiger partial charge in [0.1, 0.15) is 0 Å². The molecule has 0 saturated carbocycles. The molecule has 0 aromatic heterocycles. The van der Waals surface area contributed by atoms with Crippen molar-refractivity contribution < 1.29 is 9.47 Å². The molecule has 1 heterocycles. The molecule has 0 aliphatic carbocycles. The van der Waals surface area contributed by atoms with Crippen molar-refractivity contribution in [2.24, 2.45) is 10.9 Å². The molecule has 2 unspecified atom stereocenters. The molecular formula is C22H38N4O2. The predicted molar refractivity (Wildman–Crippen MR) is 117 cm³/mol. The highest BCUT2D eigenvalue weighted by Crippen LogP contribution is 2.30. The lowest BCUT2D eigenvalue weighted by atomic mass is 10.1. The maximum atomic E-state index is 5.75. The van der Waals surface area contributed by atoms with Crippen LogP contribution in [0.15, 0.2) is 23.2 Å². The third-order valence-electron chi connectivity index (χ3n) is 5.11. The molecule has 6 heteroatoms. The summed E-state index contributed by atoms with van der Waals surface area (Å²) in [7, 11) is 1.82. The van der Waals surface area contributed by atoms with Gasteiger partial charge in [0.25, 0.3) is 0 Å². The standard InChI is InChI=1S/C22H38N4O2/c1-6-12-26-13-11-18(16-26)15-24-22(23-5)25-17(4)19-9-10-20(27-7-2)21(14-19)28-8-3/h9-10,14,17-18H,6-8,11-13,15-16H2,1-5H3,(H2,23,24,25). The Hall–Kier alpha value is -1.95. The number of likely N-dealkylation sites (tertiary alicyclic amines) is 1. The van der Waals surface area contributed by atoms with Crippen LogP contribution in [0, 0.1) is 5.92 Å². The zero-order valence-electron chi connectivity index (χ0n) is 18.3. The van der Waals surface area contributed by atoms with Gasteiger partial charge < -0.3 is 25.0 Å². The van der Waals surface area contributed by atoms with Crippen molar-refractivity contribution in [2.45, 2.75) is 46.6 Å². The molecule has 28 heavy (non-hydrogen) atoms. The quantitative estimate of drug-likeness (QED) is 0.473. The van der Waals surface area contributed by atoms with E-state index in [1.165, 1.54) is 32.5 Å². The number of nitrogens with zero attached hydrogens (tertiary/aromatic N) is 2. The molecule has 1 aromatic rings. The van der Waals surface area contributed by atoms with Gasteiger partial charge in [0.2, 0.25) is 0 Å². The lowest BCUT2D eigenvalue weighted by Gasteiger charge is -2.21. The second-order valence-corrected chi connectivity index (χ2v) is 7.35. The lowest BCUT2D eigenvalue weighted by molar-refractivity contribution is 0.287. The van der Waals surface area contributed by atoms with Gasteiger partial charge in [0.05, 0.1) is 19.3 Å². The highest BCUT2D eigenvalue weighted by molar-refractivity contribution is 5.80. The number of rotatable bonds is 10. The summed E-state index contributed by atoms with van der Waals surface area (Å²) < 4.78 is 11.4. The van der Waals surface area contributed by atoms with Crippen LogP contribution in [0.5, 0.6) is 11.5 Å². The number of ether oxygens (including phenoxy) is 2. The van der Waals surface area contributed by atoms with Crippen LogP contribution in [0.3, 0.4) is 0 Å². The lowest BCUT2D eigenvalue weighted by Crippen LogP contribution is -2.41. The second kappa shape index (κ2) is 11.8. The predicted octanol–water partition coefficient (Wildman–Crippen LogP) is 3.44. The van der Waals surface area contributed by atoms with Gasteiger partial charge >= 0.3 is 0 Å². The van der Waals surface area contributed by atoms with Crippen molar-refractivity contribution in [2.75, 3.05) is 46.4 Å². The number of guanidine groups is 1. The number of hydrogen-bond donors (Lipinski definition) is 2. The fourth-order valence-corrected chi connectivity index (χ4v) is 3.66. The van der Waals surface area contributed by atoms with Crippen molar-refractivity contribution in [3.63, 3.8) is 0 Å². The number of nitrogens with one attached hydrogen (secondary N) is 2. The van der Waals surface area contributed by atoms with Crippen molar-refractivity contribution in [1.82, 2.24) is 15.5 Å². The van der Waals surface area contributed by atoms with E-state index in [-0.39, 0.29) is 6.04 Å². The van der Waals surface area contributed by atoms with E-state index in [1.54, 1.807) is 0 Å². The zero-order valence-corrected chi connectivity index (χ0v) is 18.3. The van der Waals surface area contributed by atoms with Crippen LogP contribution in [0.1, 0.15) is 52.1 Å². The fourth-order valence-electron chi connectivity index (χ4n) is 3.66. The molecular weight excluding hydrogens is 352 g/mol. The van der Waals surface area contributed by atoms with Crippen LogP contribution in [0.2, 0.25) is 0 Å². The average Bonchev–Trinajstić information content (AvgIpc) is 3.14. The summed E-state index contributed by atoms with van der Waals surface area (Å²) in [6.07, 6.45) is 2.49. The summed E-state index contributed by atoms with van der Waals surface area (Å²) in [6, 6.07) is 6.23. The molecule has 158 valence electrons. The normalized spacial score (nSPS) is 18.8. The Kier molecular flexibility index (Phi) is 9.41. The van der Waals surface area contributed by atoms with E-state index in [0.29, 0.717) is 19.1 Å². The molecule has 2 atom stereocenters. The first-order valence-corrected chi connectivity index (χ1v) is 10.7. The maximum Gasteiger partial charge on any atom is 0.191 e. The van der Waals surface area contributed by atoms with E-state index in [4.69, 9.17) is 9.47 Å². The van der Waals surface area contributed by atoms with E-state index in [9.17, 15) is 0 Å². The van der Waals surface area contributed by atoms with Gasteiger partial charge in [-0.2, -0.15) is 0 Å². The van der Waals surface area contributed by atoms with E-state index in [0.717, 1.165) is 29.6 Å². The Morgan fingerprint density at radius 3 is 2.64 bits per heavy atom. The molecule has 1 aromatic carbocycles. The van der Waals surface area contributed by atoms with Crippen LogP contribution < -0.4 is 20.1 Å². The summed E-state index contributed by atoms with van der Waals surface area (Å²) in [5.41, 5.74) is 1.14. The molecule has 0 spiro atoms. The molecule has 1 aliphatic heterocycles. The first-order valence-electron chi connectivity index (χ1n) is 10.7. The van der Waals surface area contributed by atoms with Crippen molar-refractivity contribution in [3.8, 4) is 11.5 Å². The van der Waals surface area contributed by atoms with Gasteiger partial charge in [-0.05, 0) is 70.3 Å². The average molecular weight is 391 g/mol. The third-order valence-corrected chi connectivity index (χ3v) is 5.11. The van der Waals surface area contributed by atoms with E-state index < -0.39 is 0 Å². The highest BCUT2D eigenvalue weighted by atomic mass is 16.5. The van der Waals surface area contributed by atoms with Gasteiger partial charge in [0.15, 0.2) is 17.5 Å². The summed E-state index contributed by atoms with van der Waals surface area (Å²) in [5.74, 6) is 3.12. The number of hydrogen-bond acceptors (Lipinski definition) is 4. The molecule has 2 rings (SSSR count). The molecule has 0 bridgehead atoms. The minimum absolute atomic E-state index is 0.112. The number of aliphatic imine (C=N–C) groups is 1. The van der Waals surface area contributed by atoms with Crippen LogP contribution in [-0.2, 0) is 0 Å². The van der Waals surface area contributed by atoms with Crippen molar-refractivity contribution in [3.05, 3.63) is 23.8 Å². The minimum atomic E-state index is 0.112. The second-order valence-electron chi connectivity index (χ2n) is 7.35. The summed E-state index contributed by atoms with van der Waals surface area (Å²) >= 11 is 0. The van der Waals surface area contributed by atoms with Crippen molar-refractivity contribution in [1.29, 1.82) is 0 Å². The smallest absolute Gasteiger partial charge is 0.191 e. The Balaban J connectivity index is 1.91. The van der Waals surface area contributed by atoms with E-state index in [1.807, 2.05) is 27.0 Å². The first kappa shape index (κ1) is 22.3. The zero-order chi connectivity index (χ0) is 20.4. The highest BCUT2D eigenvalue weighted by Gasteiger charge is 2.22. The van der Waals surface area contributed by atoms with Gasteiger partial charge in [-0.1, -0.05) is 13.0 Å². The summed E-state index contributed by atoms with van der Waals surface area (Å²) in [4.78, 5) is 6.96. The molecule has 2 N–H and O–H groups in total. The van der Waals surface area contributed by atoms with Gasteiger partial charge in [-0.25, -0.2) is 0 Å². The molecule has 6 nitrogen and oxygen atoms in total. The Morgan fingerprint density at radius 1 is 1.21 bits per heavy atom. The Morgan fingerprint density at radius 2 is 1.96 bits per heavy atom. The molecule has 0 amide bonds. The molecule has 1 fully saturated rings. The van der Waals surface area contributed by atoms with Gasteiger partial charge in [0, 0.05) is 20.1 Å². The third kappa shape index (κ3) is 6.59. The van der Waals surface area contributed by atoms with Crippen LogP contribution >= 0.6 is 0 Å². The van der Waals surface area contributed by atoms with E-state index in [2.05, 4.69) is 46.5 Å². The van der Waals surface area contributed by atoms with Crippen LogP contribution in [0.4, 0.5) is 0 Å². The monoisotopic (exact) mass is 390 g/mol. The summed E-state index contributed by atoms with van der Waals surface area (Å²) in [6.45, 7) is 14.2. The number of benzene rings is 1. The SMILES string of the molecule is CCCN1CCC(CNC(=NC)NC(C)c2ccc(OCC)c(OCC)c2)C1. The summed E-state index contributed by atoms with van der Waals surface area (Å²) in [5, 5.41) is 7.00. The molecule has 1 saturated heterocycles. The van der Waals surface area contributed by atoms with Crippen molar-refractivity contribution >= 4 is 5.96 Å². The fraction of sp³-hybridized carbons (Fsp3) is 0.682. The van der Waals surface area contributed by atoms with Gasteiger partial charge in [-0.15, -0.1) is 0 Å². The van der Waals surface area contributed by atoms with Crippen LogP contribution in [0.25, 0.3) is 0 Å². The maximum absolute atomic E-state index is 5.75. The Labute approximate surface area is 170 Å². The topological polar surface area (TPSA) is 58.1 Å². The van der Waals surface area contributed by atoms with Crippen LogP contribution in [-0.4, -0.2) is 57.3 Å². The largest absolute Gasteiger partial charge is 0.490 e. The first-order chi connectivity index (χ1) is 13.6.